The van der Waals surface area contributed by atoms with E-state index in [1.165, 1.54) is 24.0 Å². The molecule has 4 heteroatoms. The Labute approximate surface area is 142 Å². The molecule has 0 aliphatic heterocycles. The Morgan fingerprint density at radius 1 is 1.08 bits per heavy atom. The first-order valence-electron chi connectivity index (χ1n) is 8.33. The van der Waals surface area contributed by atoms with Crippen LogP contribution in [0.25, 0.3) is 0 Å². The number of fused-ring (bicyclic) bond motifs is 1. The zero-order valence-corrected chi connectivity index (χ0v) is 14.2. The second-order valence-electron chi connectivity index (χ2n) is 6.05. The number of amides is 1. The normalized spacial score (nSPS) is 13.1. The third-order valence-electron chi connectivity index (χ3n) is 4.51. The summed E-state index contributed by atoms with van der Waals surface area (Å²) < 4.78 is 10.6. The maximum atomic E-state index is 12.5. The number of hydrogen-bond acceptors (Lipinski definition) is 3. The van der Waals surface area contributed by atoms with Crippen molar-refractivity contribution in [2.24, 2.45) is 0 Å². The number of methoxy groups -OCH3 is 2. The zero-order chi connectivity index (χ0) is 16.9. The Balaban J connectivity index is 1.77. The van der Waals surface area contributed by atoms with E-state index >= 15 is 0 Å². The van der Waals surface area contributed by atoms with Crippen LogP contribution in [-0.4, -0.2) is 20.1 Å². The molecule has 0 radical (unpaired) electrons. The quantitative estimate of drug-likeness (QED) is 0.910. The molecule has 1 N–H and O–H groups in total. The van der Waals surface area contributed by atoms with Gasteiger partial charge in [0.15, 0.2) is 0 Å². The van der Waals surface area contributed by atoms with E-state index in [1.807, 2.05) is 30.3 Å². The SMILES string of the molecule is COc1ccc(OC)c(CC(=O)Nc2cccc3c2CCCC3)c1. The maximum absolute atomic E-state index is 12.5. The van der Waals surface area contributed by atoms with E-state index in [2.05, 4.69) is 11.4 Å². The second kappa shape index (κ2) is 7.39. The predicted molar refractivity (Wildman–Crippen MR) is 95.0 cm³/mol. The summed E-state index contributed by atoms with van der Waals surface area (Å²) in [5, 5.41) is 3.07. The third-order valence-corrected chi connectivity index (χ3v) is 4.51. The lowest BCUT2D eigenvalue weighted by atomic mass is 9.90. The molecule has 3 rings (SSSR count). The minimum Gasteiger partial charge on any atom is -0.497 e. The lowest BCUT2D eigenvalue weighted by Gasteiger charge is -2.19. The predicted octanol–water partition coefficient (Wildman–Crippen LogP) is 3.76. The Bertz CT molecular complexity index is 734. The number of carbonyl (C=O) groups is 1. The van der Waals surface area contributed by atoms with Crippen molar-refractivity contribution in [2.45, 2.75) is 32.1 Å². The smallest absolute Gasteiger partial charge is 0.228 e. The van der Waals surface area contributed by atoms with Gasteiger partial charge in [-0.3, -0.25) is 4.79 Å². The third kappa shape index (κ3) is 3.53. The fraction of sp³-hybridized carbons (Fsp3) is 0.350. The Morgan fingerprint density at radius 3 is 2.71 bits per heavy atom. The summed E-state index contributed by atoms with van der Waals surface area (Å²) in [6, 6.07) is 11.7. The van der Waals surface area contributed by atoms with E-state index in [1.54, 1.807) is 14.2 Å². The highest BCUT2D eigenvalue weighted by molar-refractivity contribution is 5.93. The van der Waals surface area contributed by atoms with Crippen LogP contribution in [0.3, 0.4) is 0 Å². The first-order valence-corrected chi connectivity index (χ1v) is 8.33. The van der Waals surface area contributed by atoms with Crippen molar-refractivity contribution in [2.75, 3.05) is 19.5 Å². The van der Waals surface area contributed by atoms with Crippen molar-refractivity contribution in [3.8, 4) is 11.5 Å². The monoisotopic (exact) mass is 325 g/mol. The Hall–Kier alpha value is -2.49. The molecular weight excluding hydrogens is 302 g/mol. The molecule has 1 aliphatic rings. The molecule has 0 saturated heterocycles. The van der Waals surface area contributed by atoms with E-state index in [4.69, 9.17) is 9.47 Å². The van der Waals surface area contributed by atoms with Gasteiger partial charge >= 0.3 is 0 Å². The first kappa shape index (κ1) is 16.4. The van der Waals surface area contributed by atoms with Crippen molar-refractivity contribution in [1.82, 2.24) is 0 Å². The van der Waals surface area contributed by atoms with Crippen LogP contribution in [0.2, 0.25) is 0 Å². The van der Waals surface area contributed by atoms with Crippen molar-refractivity contribution in [3.63, 3.8) is 0 Å². The summed E-state index contributed by atoms with van der Waals surface area (Å²) >= 11 is 0. The molecule has 24 heavy (non-hydrogen) atoms. The summed E-state index contributed by atoms with van der Waals surface area (Å²) in [6.45, 7) is 0. The van der Waals surface area contributed by atoms with E-state index in [-0.39, 0.29) is 12.3 Å². The molecule has 0 spiro atoms. The zero-order valence-electron chi connectivity index (χ0n) is 14.2. The number of ether oxygens (including phenoxy) is 2. The van der Waals surface area contributed by atoms with Crippen LogP contribution in [0.5, 0.6) is 11.5 Å². The van der Waals surface area contributed by atoms with Crippen LogP contribution in [0, 0.1) is 0 Å². The van der Waals surface area contributed by atoms with Crippen molar-refractivity contribution < 1.29 is 14.3 Å². The first-order chi connectivity index (χ1) is 11.7. The molecule has 4 nitrogen and oxygen atoms in total. The topological polar surface area (TPSA) is 47.6 Å². The summed E-state index contributed by atoms with van der Waals surface area (Å²) in [6.07, 6.45) is 4.80. The van der Waals surface area contributed by atoms with Crippen molar-refractivity contribution >= 4 is 11.6 Å². The van der Waals surface area contributed by atoms with Gasteiger partial charge in [0.05, 0.1) is 20.6 Å². The van der Waals surface area contributed by atoms with Crippen LogP contribution >= 0.6 is 0 Å². The number of aryl methyl sites for hydroxylation is 1. The highest BCUT2D eigenvalue weighted by atomic mass is 16.5. The van der Waals surface area contributed by atoms with Gasteiger partial charge in [-0.25, -0.2) is 0 Å². The molecule has 2 aromatic carbocycles. The molecule has 0 heterocycles. The molecule has 0 aromatic heterocycles. The fourth-order valence-electron chi connectivity index (χ4n) is 3.29. The number of rotatable bonds is 5. The highest BCUT2D eigenvalue weighted by Gasteiger charge is 2.16. The molecule has 0 fully saturated rings. The summed E-state index contributed by atoms with van der Waals surface area (Å²) in [4.78, 5) is 12.5. The van der Waals surface area contributed by atoms with Crippen LogP contribution in [0.15, 0.2) is 36.4 Å². The summed E-state index contributed by atoms with van der Waals surface area (Å²) in [5.74, 6) is 1.37. The van der Waals surface area contributed by atoms with Crippen LogP contribution in [0.4, 0.5) is 5.69 Å². The van der Waals surface area contributed by atoms with Crippen molar-refractivity contribution in [3.05, 3.63) is 53.1 Å². The van der Waals surface area contributed by atoms with Gasteiger partial charge in [0, 0.05) is 11.3 Å². The van der Waals surface area contributed by atoms with E-state index in [0.29, 0.717) is 5.75 Å². The fourth-order valence-corrected chi connectivity index (χ4v) is 3.29. The van der Waals surface area contributed by atoms with Gasteiger partial charge in [-0.05, 0) is 61.1 Å². The summed E-state index contributed by atoms with van der Waals surface area (Å²) in [7, 11) is 3.22. The lowest BCUT2D eigenvalue weighted by molar-refractivity contribution is -0.115. The largest absolute Gasteiger partial charge is 0.497 e. The van der Waals surface area contributed by atoms with Gasteiger partial charge in [0.25, 0.3) is 0 Å². The van der Waals surface area contributed by atoms with E-state index in [9.17, 15) is 4.79 Å². The lowest BCUT2D eigenvalue weighted by Crippen LogP contribution is -2.17. The Kier molecular flexibility index (Phi) is 5.04. The van der Waals surface area contributed by atoms with Gasteiger partial charge in [-0.1, -0.05) is 12.1 Å². The van der Waals surface area contributed by atoms with Gasteiger partial charge in [0.1, 0.15) is 11.5 Å². The standard InChI is InChI=1S/C20H23NO3/c1-23-16-10-11-19(24-2)15(12-16)13-20(22)21-18-9-5-7-14-6-3-4-8-17(14)18/h5,7,9-12H,3-4,6,8,13H2,1-2H3,(H,21,22). The minimum atomic E-state index is -0.0412. The minimum absolute atomic E-state index is 0.0412. The van der Waals surface area contributed by atoms with Crippen molar-refractivity contribution in [1.29, 1.82) is 0 Å². The average Bonchev–Trinajstić information content (AvgIpc) is 2.62. The molecule has 2 aromatic rings. The number of nitrogens with one attached hydrogen (secondary N) is 1. The van der Waals surface area contributed by atoms with Gasteiger partial charge in [-0.15, -0.1) is 0 Å². The molecule has 0 unspecified atom stereocenters. The van der Waals surface area contributed by atoms with Crippen LogP contribution in [0.1, 0.15) is 29.5 Å². The maximum Gasteiger partial charge on any atom is 0.228 e. The molecule has 0 bridgehead atoms. The van der Waals surface area contributed by atoms with Gasteiger partial charge < -0.3 is 14.8 Å². The number of anilines is 1. The van der Waals surface area contributed by atoms with Crippen LogP contribution < -0.4 is 14.8 Å². The molecule has 0 atom stereocenters. The number of carbonyl (C=O) groups excluding carboxylic acids is 1. The summed E-state index contributed by atoms with van der Waals surface area (Å²) in [5.41, 5.74) is 4.41. The van der Waals surface area contributed by atoms with Gasteiger partial charge in [0.2, 0.25) is 5.91 Å². The van der Waals surface area contributed by atoms with E-state index in [0.717, 1.165) is 29.8 Å². The molecule has 0 saturated carbocycles. The second-order valence-corrected chi connectivity index (χ2v) is 6.05. The number of hydrogen-bond donors (Lipinski definition) is 1. The van der Waals surface area contributed by atoms with Gasteiger partial charge in [-0.2, -0.15) is 0 Å². The molecule has 126 valence electrons. The highest BCUT2D eigenvalue weighted by Crippen LogP contribution is 2.29. The molecule has 1 aliphatic carbocycles. The molecule has 1 amide bonds. The Morgan fingerprint density at radius 2 is 1.92 bits per heavy atom. The number of benzene rings is 2. The van der Waals surface area contributed by atoms with E-state index < -0.39 is 0 Å². The molecular formula is C20H23NO3. The average molecular weight is 325 g/mol. The van der Waals surface area contributed by atoms with Crippen LogP contribution in [-0.2, 0) is 24.1 Å².